The Labute approximate surface area is 115 Å². The monoisotopic (exact) mass is 260 g/mol. The van der Waals surface area contributed by atoms with E-state index < -0.39 is 0 Å². The van der Waals surface area contributed by atoms with E-state index in [2.05, 4.69) is 17.6 Å². The van der Waals surface area contributed by atoms with Crippen molar-refractivity contribution in [2.24, 2.45) is 5.92 Å². The fourth-order valence-electron chi connectivity index (χ4n) is 2.81. The van der Waals surface area contributed by atoms with E-state index in [1.165, 1.54) is 32.1 Å². The first-order chi connectivity index (χ1) is 9.28. The van der Waals surface area contributed by atoms with Crippen LogP contribution in [-0.2, 0) is 4.79 Å². The molecule has 1 aromatic carbocycles. The number of hydrogen-bond acceptors (Lipinski definition) is 2. The van der Waals surface area contributed by atoms with Gasteiger partial charge in [0.15, 0.2) is 0 Å². The molecular weight excluding hydrogens is 236 g/mol. The minimum absolute atomic E-state index is 0.0461. The van der Waals surface area contributed by atoms with Crippen LogP contribution in [0.1, 0.15) is 39.0 Å². The molecule has 0 spiro atoms. The Morgan fingerprint density at radius 1 is 1.26 bits per heavy atom. The van der Waals surface area contributed by atoms with E-state index >= 15 is 0 Å². The van der Waals surface area contributed by atoms with Crippen molar-refractivity contribution in [3.8, 4) is 0 Å². The highest BCUT2D eigenvalue weighted by Gasteiger charge is 2.20. The standard InChI is InChI=1S/C16H24N2O/c1-2-13-7-6-10-15(11-13)17-12-16(19)18-14-8-4-3-5-9-14/h3-5,8-9,13,15,17H,2,6-7,10-12H2,1H3,(H,18,19). The zero-order chi connectivity index (χ0) is 13.5. The maximum Gasteiger partial charge on any atom is 0.238 e. The van der Waals surface area contributed by atoms with Gasteiger partial charge in [0.25, 0.3) is 0 Å². The Morgan fingerprint density at radius 3 is 2.79 bits per heavy atom. The summed E-state index contributed by atoms with van der Waals surface area (Å²) in [6.45, 7) is 2.67. The van der Waals surface area contributed by atoms with E-state index in [-0.39, 0.29) is 5.91 Å². The van der Waals surface area contributed by atoms with Gasteiger partial charge in [-0.1, -0.05) is 44.4 Å². The molecule has 0 bridgehead atoms. The van der Waals surface area contributed by atoms with Gasteiger partial charge in [0, 0.05) is 11.7 Å². The maximum atomic E-state index is 11.8. The van der Waals surface area contributed by atoms with Gasteiger partial charge in [0.1, 0.15) is 0 Å². The summed E-state index contributed by atoms with van der Waals surface area (Å²) in [5.74, 6) is 0.883. The lowest BCUT2D eigenvalue weighted by Gasteiger charge is -2.29. The summed E-state index contributed by atoms with van der Waals surface area (Å²) in [4.78, 5) is 11.8. The van der Waals surface area contributed by atoms with E-state index in [1.807, 2.05) is 30.3 Å². The first-order valence-electron chi connectivity index (χ1n) is 7.36. The Hall–Kier alpha value is -1.35. The summed E-state index contributed by atoms with van der Waals surface area (Å²) < 4.78 is 0. The molecule has 0 aromatic heterocycles. The largest absolute Gasteiger partial charge is 0.325 e. The zero-order valence-corrected chi connectivity index (χ0v) is 11.7. The van der Waals surface area contributed by atoms with Gasteiger partial charge in [-0.05, 0) is 30.9 Å². The lowest BCUT2D eigenvalue weighted by Crippen LogP contribution is -2.39. The van der Waals surface area contributed by atoms with E-state index in [0.717, 1.165) is 11.6 Å². The molecule has 1 aromatic rings. The van der Waals surface area contributed by atoms with E-state index in [0.29, 0.717) is 12.6 Å². The van der Waals surface area contributed by atoms with Crippen LogP contribution in [0.5, 0.6) is 0 Å². The molecule has 0 saturated heterocycles. The number of nitrogens with one attached hydrogen (secondary N) is 2. The molecule has 2 N–H and O–H groups in total. The molecule has 0 aliphatic heterocycles. The quantitative estimate of drug-likeness (QED) is 0.853. The highest BCUT2D eigenvalue weighted by atomic mass is 16.1. The van der Waals surface area contributed by atoms with Crippen LogP contribution < -0.4 is 10.6 Å². The third kappa shape index (κ3) is 4.67. The van der Waals surface area contributed by atoms with Crippen molar-refractivity contribution < 1.29 is 4.79 Å². The van der Waals surface area contributed by atoms with Gasteiger partial charge in [-0.15, -0.1) is 0 Å². The average Bonchev–Trinajstić information content (AvgIpc) is 2.46. The molecule has 1 saturated carbocycles. The number of hydrogen-bond donors (Lipinski definition) is 2. The van der Waals surface area contributed by atoms with Crippen molar-refractivity contribution in [1.29, 1.82) is 0 Å². The van der Waals surface area contributed by atoms with Crippen LogP contribution in [0.15, 0.2) is 30.3 Å². The van der Waals surface area contributed by atoms with Gasteiger partial charge < -0.3 is 10.6 Å². The molecule has 3 heteroatoms. The molecule has 0 heterocycles. The van der Waals surface area contributed by atoms with Crippen LogP contribution in [0.4, 0.5) is 5.69 Å². The summed E-state index contributed by atoms with van der Waals surface area (Å²) in [5.41, 5.74) is 0.865. The SMILES string of the molecule is CCC1CCCC(NCC(=O)Nc2ccccc2)C1. The van der Waals surface area contributed by atoms with E-state index in [9.17, 15) is 4.79 Å². The topological polar surface area (TPSA) is 41.1 Å². The molecule has 1 amide bonds. The minimum atomic E-state index is 0.0461. The lowest BCUT2D eigenvalue weighted by atomic mass is 9.84. The van der Waals surface area contributed by atoms with Crippen molar-refractivity contribution in [1.82, 2.24) is 5.32 Å². The molecule has 1 aliphatic carbocycles. The summed E-state index contributed by atoms with van der Waals surface area (Å²) in [7, 11) is 0. The molecule has 1 aliphatic rings. The summed E-state index contributed by atoms with van der Waals surface area (Å²) in [5, 5.41) is 6.30. The van der Waals surface area contributed by atoms with Crippen LogP contribution in [0, 0.1) is 5.92 Å². The summed E-state index contributed by atoms with van der Waals surface area (Å²) in [6, 6.07) is 10.1. The van der Waals surface area contributed by atoms with E-state index in [1.54, 1.807) is 0 Å². The van der Waals surface area contributed by atoms with Crippen molar-refractivity contribution in [2.75, 3.05) is 11.9 Å². The lowest BCUT2D eigenvalue weighted by molar-refractivity contribution is -0.115. The van der Waals surface area contributed by atoms with Crippen LogP contribution >= 0.6 is 0 Å². The number of rotatable bonds is 5. The molecule has 3 nitrogen and oxygen atoms in total. The molecule has 0 radical (unpaired) electrons. The van der Waals surface area contributed by atoms with Gasteiger partial charge in [0.2, 0.25) is 5.91 Å². The highest BCUT2D eigenvalue weighted by molar-refractivity contribution is 5.92. The van der Waals surface area contributed by atoms with Crippen molar-refractivity contribution >= 4 is 11.6 Å². The normalized spacial score (nSPS) is 23.0. The number of para-hydroxylation sites is 1. The average molecular weight is 260 g/mol. The number of amides is 1. The molecule has 2 unspecified atom stereocenters. The highest BCUT2D eigenvalue weighted by Crippen LogP contribution is 2.26. The Kier molecular flexibility index (Phi) is 5.40. The predicted octanol–water partition coefficient (Wildman–Crippen LogP) is 3.18. The second-order valence-electron chi connectivity index (χ2n) is 5.43. The van der Waals surface area contributed by atoms with Crippen LogP contribution in [0.3, 0.4) is 0 Å². The van der Waals surface area contributed by atoms with Gasteiger partial charge in [0.05, 0.1) is 6.54 Å². The van der Waals surface area contributed by atoms with Gasteiger partial charge in [-0.2, -0.15) is 0 Å². The van der Waals surface area contributed by atoms with E-state index in [4.69, 9.17) is 0 Å². The Balaban J connectivity index is 1.71. The maximum absolute atomic E-state index is 11.8. The van der Waals surface area contributed by atoms with Gasteiger partial charge in [-0.25, -0.2) is 0 Å². The predicted molar refractivity (Wildman–Crippen MR) is 79.1 cm³/mol. The molecular formula is C16H24N2O. The second-order valence-corrected chi connectivity index (χ2v) is 5.43. The number of carbonyl (C=O) groups is 1. The van der Waals surface area contributed by atoms with Gasteiger partial charge in [-0.3, -0.25) is 4.79 Å². The molecule has 104 valence electrons. The minimum Gasteiger partial charge on any atom is -0.325 e. The van der Waals surface area contributed by atoms with Crippen LogP contribution in [0.2, 0.25) is 0 Å². The third-order valence-corrected chi connectivity index (χ3v) is 3.97. The van der Waals surface area contributed by atoms with Gasteiger partial charge >= 0.3 is 0 Å². The molecule has 1 fully saturated rings. The van der Waals surface area contributed by atoms with Crippen LogP contribution in [0.25, 0.3) is 0 Å². The van der Waals surface area contributed by atoms with Crippen LogP contribution in [-0.4, -0.2) is 18.5 Å². The smallest absolute Gasteiger partial charge is 0.238 e. The summed E-state index contributed by atoms with van der Waals surface area (Å²) >= 11 is 0. The zero-order valence-electron chi connectivity index (χ0n) is 11.7. The fraction of sp³-hybridized carbons (Fsp3) is 0.562. The third-order valence-electron chi connectivity index (χ3n) is 3.97. The number of benzene rings is 1. The van der Waals surface area contributed by atoms with Crippen molar-refractivity contribution in [2.45, 2.75) is 45.1 Å². The second kappa shape index (κ2) is 7.29. The van der Waals surface area contributed by atoms with Crippen molar-refractivity contribution in [3.63, 3.8) is 0 Å². The number of carbonyl (C=O) groups excluding carboxylic acids is 1. The Morgan fingerprint density at radius 2 is 2.05 bits per heavy atom. The van der Waals surface area contributed by atoms with Crippen molar-refractivity contribution in [3.05, 3.63) is 30.3 Å². The number of anilines is 1. The first kappa shape index (κ1) is 14.1. The molecule has 2 rings (SSSR count). The summed E-state index contributed by atoms with van der Waals surface area (Å²) in [6.07, 6.45) is 6.32. The fourth-order valence-corrected chi connectivity index (χ4v) is 2.81. The molecule has 2 atom stereocenters. The first-order valence-corrected chi connectivity index (χ1v) is 7.36. The molecule has 19 heavy (non-hydrogen) atoms. The Bertz CT molecular complexity index is 391.